The SMILES string of the molecule is Cn1ccnc1CCn1ccc2ccc(C=O)cc21. The summed E-state index contributed by atoms with van der Waals surface area (Å²) in [5, 5.41) is 1.16. The zero-order valence-corrected chi connectivity index (χ0v) is 10.8. The van der Waals surface area contributed by atoms with Gasteiger partial charge in [0.25, 0.3) is 0 Å². The Morgan fingerprint density at radius 3 is 2.89 bits per heavy atom. The molecule has 0 radical (unpaired) electrons. The van der Waals surface area contributed by atoms with E-state index in [9.17, 15) is 4.79 Å². The molecule has 2 heterocycles. The van der Waals surface area contributed by atoms with E-state index < -0.39 is 0 Å². The molecule has 4 heteroatoms. The third-order valence-electron chi connectivity index (χ3n) is 3.43. The van der Waals surface area contributed by atoms with Crippen molar-refractivity contribution in [3.63, 3.8) is 0 Å². The van der Waals surface area contributed by atoms with E-state index in [0.29, 0.717) is 5.56 Å². The first-order chi connectivity index (χ1) is 9.28. The molecule has 4 nitrogen and oxygen atoms in total. The molecule has 0 saturated carbocycles. The Hall–Kier alpha value is -2.36. The summed E-state index contributed by atoms with van der Waals surface area (Å²) in [6, 6.07) is 7.83. The van der Waals surface area contributed by atoms with Crippen LogP contribution in [-0.4, -0.2) is 20.4 Å². The van der Waals surface area contributed by atoms with E-state index in [0.717, 1.165) is 36.0 Å². The zero-order valence-electron chi connectivity index (χ0n) is 10.8. The minimum atomic E-state index is 0.712. The van der Waals surface area contributed by atoms with E-state index in [1.54, 1.807) is 0 Å². The van der Waals surface area contributed by atoms with Crippen LogP contribution in [-0.2, 0) is 20.0 Å². The van der Waals surface area contributed by atoms with Gasteiger partial charge < -0.3 is 9.13 Å². The summed E-state index contributed by atoms with van der Waals surface area (Å²) in [6.07, 6.45) is 7.58. The molecule has 19 heavy (non-hydrogen) atoms. The summed E-state index contributed by atoms with van der Waals surface area (Å²) >= 11 is 0. The summed E-state index contributed by atoms with van der Waals surface area (Å²) in [5.74, 6) is 1.06. The van der Waals surface area contributed by atoms with Crippen molar-refractivity contribution in [2.45, 2.75) is 13.0 Å². The molecule has 0 aliphatic heterocycles. The van der Waals surface area contributed by atoms with Gasteiger partial charge in [0.1, 0.15) is 12.1 Å². The Morgan fingerprint density at radius 1 is 1.26 bits per heavy atom. The van der Waals surface area contributed by atoms with E-state index in [-0.39, 0.29) is 0 Å². The number of hydrogen-bond acceptors (Lipinski definition) is 2. The number of aryl methyl sites for hydroxylation is 3. The van der Waals surface area contributed by atoms with Crippen LogP contribution in [0.2, 0.25) is 0 Å². The van der Waals surface area contributed by atoms with E-state index >= 15 is 0 Å². The first-order valence-electron chi connectivity index (χ1n) is 6.28. The van der Waals surface area contributed by atoms with Crippen molar-refractivity contribution >= 4 is 17.2 Å². The van der Waals surface area contributed by atoms with Gasteiger partial charge in [-0.1, -0.05) is 12.1 Å². The molecule has 0 fully saturated rings. The molecule has 0 bridgehead atoms. The molecule has 0 spiro atoms. The molecular formula is C15H15N3O. The second-order valence-electron chi connectivity index (χ2n) is 4.65. The molecule has 0 N–H and O–H groups in total. The summed E-state index contributed by atoms with van der Waals surface area (Å²) in [4.78, 5) is 15.2. The molecular weight excluding hydrogens is 238 g/mol. The quantitative estimate of drug-likeness (QED) is 0.670. The van der Waals surface area contributed by atoms with Gasteiger partial charge in [0, 0.05) is 49.7 Å². The number of aromatic nitrogens is 3. The van der Waals surface area contributed by atoms with Crippen LogP contribution in [0, 0.1) is 0 Å². The molecule has 0 atom stereocenters. The van der Waals surface area contributed by atoms with Crippen molar-refractivity contribution in [1.82, 2.24) is 14.1 Å². The monoisotopic (exact) mass is 253 g/mol. The fourth-order valence-electron chi connectivity index (χ4n) is 2.33. The number of imidazole rings is 1. The van der Waals surface area contributed by atoms with Crippen molar-refractivity contribution in [3.8, 4) is 0 Å². The number of benzene rings is 1. The van der Waals surface area contributed by atoms with Crippen LogP contribution in [0.25, 0.3) is 10.9 Å². The summed E-state index contributed by atoms with van der Waals surface area (Å²) in [5.41, 5.74) is 1.81. The number of hydrogen-bond donors (Lipinski definition) is 0. The normalized spacial score (nSPS) is 11.0. The molecule has 1 aromatic carbocycles. The first-order valence-corrected chi connectivity index (χ1v) is 6.28. The fourth-order valence-corrected chi connectivity index (χ4v) is 2.33. The molecule has 3 rings (SSSR count). The average molecular weight is 253 g/mol. The fraction of sp³-hybridized carbons (Fsp3) is 0.200. The average Bonchev–Trinajstić information content (AvgIpc) is 3.02. The summed E-state index contributed by atoms with van der Waals surface area (Å²) in [7, 11) is 2.00. The molecule has 2 aromatic heterocycles. The highest BCUT2D eigenvalue weighted by Gasteiger charge is 2.04. The third kappa shape index (κ3) is 2.17. The van der Waals surface area contributed by atoms with Gasteiger partial charge in [0.2, 0.25) is 0 Å². The predicted octanol–water partition coefficient (Wildman–Crippen LogP) is 2.43. The first kappa shape index (κ1) is 11.7. The maximum absolute atomic E-state index is 10.9. The van der Waals surface area contributed by atoms with E-state index in [4.69, 9.17) is 0 Å². The summed E-state index contributed by atoms with van der Waals surface area (Å²) in [6.45, 7) is 0.858. The standard InChI is InChI=1S/C15H15N3O/c1-17-9-6-16-15(17)5-8-18-7-4-13-3-2-12(11-19)10-14(13)18/h2-4,6-7,9-11H,5,8H2,1H3. The molecule has 0 unspecified atom stereocenters. The van der Waals surface area contributed by atoms with Gasteiger partial charge in [0.15, 0.2) is 0 Å². The largest absolute Gasteiger partial charge is 0.347 e. The number of carbonyl (C=O) groups is 1. The Balaban J connectivity index is 1.88. The number of aldehydes is 1. The van der Waals surface area contributed by atoms with Gasteiger partial charge >= 0.3 is 0 Å². The Bertz CT molecular complexity index is 724. The van der Waals surface area contributed by atoms with Crippen LogP contribution in [0.5, 0.6) is 0 Å². The lowest BCUT2D eigenvalue weighted by atomic mass is 10.2. The van der Waals surface area contributed by atoms with Gasteiger partial charge in [-0.2, -0.15) is 0 Å². The maximum atomic E-state index is 10.9. The highest BCUT2D eigenvalue weighted by Crippen LogP contribution is 2.17. The van der Waals surface area contributed by atoms with Crippen LogP contribution >= 0.6 is 0 Å². The molecule has 0 aliphatic carbocycles. The zero-order chi connectivity index (χ0) is 13.2. The predicted molar refractivity (Wildman–Crippen MR) is 74.2 cm³/mol. The highest BCUT2D eigenvalue weighted by atomic mass is 16.1. The highest BCUT2D eigenvalue weighted by molar-refractivity contribution is 5.87. The number of carbonyl (C=O) groups excluding carboxylic acids is 1. The second-order valence-corrected chi connectivity index (χ2v) is 4.65. The smallest absolute Gasteiger partial charge is 0.150 e. The van der Waals surface area contributed by atoms with Crippen LogP contribution in [0.3, 0.4) is 0 Å². The second kappa shape index (κ2) is 4.72. The topological polar surface area (TPSA) is 39.8 Å². The van der Waals surface area contributed by atoms with Crippen molar-refractivity contribution in [1.29, 1.82) is 0 Å². The molecule has 0 saturated heterocycles. The Kier molecular flexibility index (Phi) is 2.91. The minimum Gasteiger partial charge on any atom is -0.347 e. The molecule has 3 aromatic rings. The van der Waals surface area contributed by atoms with Crippen LogP contribution in [0.15, 0.2) is 42.9 Å². The molecule has 0 aliphatic rings. The van der Waals surface area contributed by atoms with Crippen LogP contribution in [0.4, 0.5) is 0 Å². The van der Waals surface area contributed by atoms with Crippen molar-refractivity contribution in [3.05, 3.63) is 54.2 Å². The van der Waals surface area contributed by atoms with Crippen LogP contribution < -0.4 is 0 Å². The molecule has 96 valence electrons. The summed E-state index contributed by atoms with van der Waals surface area (Å²) < 4.78 is 4.19. The minimum absolute atomic E-state index is 0.712. The van der Waals surface area contributed by atoms with Gasteiger partial charge in [-0.15, -0.1) is 0 Å². The van der Waals surface area contributed by atoms with Gasteiger partial charge in [-0.25, -0.2) is 4.98 Å². The van der Waals surface area contributed by atoms with Gasteiger partial charge in [-0.05, 0) is 17.5 Å². The molecule has 0 amide bonds. The number of fused-ring (bicyclic) bond motifs is 1. The van der Waals surface area contributed by atoms with Crippen molar-refractivity contribution in [2.24, 2.45) is 7.05 Å². The Morgan fingerprint density at radius 2 is 2.16 bits per heavy atom. The lowest BCUT2D eigenvalue weighted by Gasteiger charge is -2.06. The van der Waals surface area contributed by atoms with E-state index in [2.05, 4.69) is 21.8 Å². The van der Waals surface area contributed by atoms with Gasteiger partial charge in [0.05, 0.1) is 0 Å². The van der Waals surface area contributed by atoms with Crippen molar-refractivity contribution in [2.75, 3.05) is 0 Å². The Labute approximate surface area is 111 Å². The van der Waals surface area contributed by atoms with Gasteiger partial charge in [-0.3, -0.25) is 4.79 Å². The van der Waals surface area contributed by atoms with E-state index in [1.807, 2.05) is 42.2 Å². The van der Waals surface area contributed by atoms with E-state index in [1.165, 1.54) is 0 Å². The lowest BCUT2D eigenvalue weighted by Crippen LogP contribution is -2.04. The lowest BCUT2D eigenvalue weighted by molar-refractivity contribution is 0.112. The third-order valence-corrected chi connectivity index (χ3v) is 3.43. The maximum Gasteiger partial charge on any atom is 0.150 e. The van der Waals surface area contributed by atoms with Crippen molar-refractivity contribution < 1.29 is 4.79 Å². The number of nitrogens with zero attached hydrogens (tertiary/aromatic N) is 3. The number of rotatable bonds is 4. The van der Waals surface area contributed by atoms with Crippen LogP contribution in [0.1, 0.15) is 16.2 Å².